The summed E-state index contributed by atoms with van der Waals surface area (Å²) in [4.78, 5) is 12.2. The number of nitrogens with zero attached hydrogens (tertiary/aromatic N) is 1. The van der Waals surface area contributed by atoms with Crippen LogP contribution in [0.4, 0.5) is 0 Å². The highest BCUT2D eigenvalue weighted by molar-refractivity contribution is 7.89. The third-order valence-corrected chi connectivity index (χ3v) is 6.36. The van der Waals surface area contributed by atoms with Crippen LogP contribution in [0.1, 0.15) is 15.9 Å². The van der Waals surface area contributed by atoms with Gasteiger partial charge in [0.05, 0.1) is 9.79 Å². The highest BCUT2D eigenvalue weighted by Gasteiger charge is 2.17. The molecule has 0 saturated heterocycles. The molecular weight excluding hydrogens is 378 g/mol. The van der Waals surface area contributed by atoms with E-state index in [1.54, 1.807) is 12.1 Å². The molecule has 2 aromatic rings. The van der Waals surface area contributed by atoms with Gasteiger partial charge in [-0.2, -0.15) is 0 Å². The maximum Gasteiger partial charge on any atom is 0.251 e. The van der Waals surface area contributed by atoms with Gasteiger partial charge in [0.25, 0.3) is 5.91 Å². The lowest BCUT2D eigenvalue weighted by atomic mass is 10.2. The van der Waals surface area contributed by atoms with Crippen molar-refractivity contribution in [2.45, 2.75) is 16.3 Å². The number of carbonyl (C=O) groups is 1. The van der Waals surface area contributed by atoms with E-state index in [4.69, 9.17) is 5.14 Å². The van der Waals surface area contributed by atoms with Gasteiger partial charge >= 0.3 is 0 Å². The highest BCUT2D eigenvalue weighted by atomic mass is 32.2. The summed E-state index contributed by atoms with van der Waals surface area (Å²) in [5.41, 5.74) is 1.00. The molecule has 26 heavy (non-hydrogen) atoms. The first kappa shape index (κ1) is 20.0. The van der Waals surface area contributed by atoms with Crippen molar-refractivity contribution in [1.82, 2.24) is 9.62 Å². The Labute approximate surface area is 152 Å². The summed E-state index contributed by atoms with van der Waals surface area (Å²) in [5, 5.41) is 7.70. The van der Waals surface area contributed by atoms with Crippen LogP contribution in [-0.4, -0.2) is 41.1 Å². The van der Waals surface area contributed by atoms with Gasteiger partial charge in [-0.15, -0.1) is 0 Å². The van der Waals surface area contributed by atoms with Gasteiger partial charge < -0.3 is 5.32 Å². The van der Waals surface area contributed by atoms with Crippen molar-refractivity contribution in [1.29, 1.82) is 0 Å². The number of sulfonamides is 2. The average Bonchev–Trinajstić information content (AvgIpc) is 2.59. The summed E-state index contributed by atoms with van der Waals surface area (Å²) in [6.45, 7) is 0.182. The van der Waals surface area contributed by atoms with Gasteiger partial charge in [0.15, 0.2) is 0 Å². The number of rotatable bonds is 6. The number of hydrogen-bond donors (Lipinski definition) is 2. The number of nitrogens with one attached hydrogen (secondary N) is 1. The minimum atomic E-state index is -3.76. The quantitative estimate of drug-likeness (QED) is 0.734. The molecule has 0 atom stereocenters. The normalized spacial score (nSPS) is 12.2. The largest absolute Gasteiger partial charge is 0.348 e. The van der Waals surface area contributed by atoms with Gasteiger partial charge in [-0.3, -0.25) is 4.79 Å². The molecule has 10 heteroatoms. The lowest BCUT2D eigenvalue weighted by Gasteiger charge is -2.11. The van der Waals surface area contributed by atoms with Gasteiger partial charge in [-0.25, -0.2) is 26.3 Å². The molecule has 0 saturated carbocycles. The Morgan fingerprint density at radius 3 is 1.88 bits per heavy atom. The standard InChI is InChI=1S/C16H19N3O5S2/c1-19(2)26(23,24)15-9-5-13(6-10-15)16(20)18-11-12-3-7-14(8-4-12)25(17,21)22/h3-10H,11H2,1-2H3,(H,18,20)(H2,17,21,22). The van der Waals surface area contributed by atoms with E-state index < -0.39 is 20.0 Å². The molecule has 1 amide bonds. The predicted molar refractivity (Wildman–Crippen MR) is 96.3 cm³/mol. The van der Waals surface area contributed by atoms with Crippen molar-refractivity contribution in [2.75, 3.05) is 14.1 Å². The van der Waals surface area contributed by atoms with E-state index >= 15 is 0 Å². The zero-order chi connectivity index (χ0) is 19.5. The second kappa shape index (κ2) is 7.54. The molecule has 0 unspecified atom stereocenters. The van der Waals surface area contributed by atoms with Gasteiger partial charge in [0, 0.05) is 26.2 Å². The van der Waals surface area contributed by atoms with Crippen molar-refractivity contribution >= 4 is 26.0 Å². The Morgan fingerprint density at radius 2 is 1.42 bits per heavy atom. The van der Waals surface area contributed by atoms with Gasteiger partial charge in [-0.1, -0.05) is 12.1 Å². The molecule has 0 aromatic heterocycles. The van der Waals surface area contributed by atoms with Crippen molar-refractivity contribution in [3.05, 3.63) is 59.7 Å². The minimum Gasteiger partial charge on any atom is -0.348 e. The fourth-order valence-corrected chi connectivity index (χ4v) is 3.49. The van der Waals surface area contributed by atoms with Crippen LogP contribution in [0.2, 0.25) is 0 Å². The molecular formula is C16H19N3O5S2. The molecule has 0 aliphatic carbocycles. The van der Waals surface area contributed by atoms with E-state index in [9.17, 15) is 21.6 Å². The lowest BCUT2D eigenvalue weighted by molar-refractivity contribution is 0.0950. The Balaban J connectivity index is 2.04. The third-order valence-electron chi connectivity index (χ3n) is 3.60. The third kappa shape index (κ3) is 4.67. The molecule has 8 nitrogen and oxygen atoms in total. The van der Waals surface area contributed by atoms with Crippen LogP contribution in [0.25, 0.3) is 0 Å². The number of primary sulfonamides is 1. The molecule has 0 spiro atoms. The predicted octanol–water partition coefficient (Wildman–Crippen LogP) is 0.514. The molecule has 0 heterocycles. The van der Waals surface area contributed by atoms with E-state index in [-0.39, 0.29) is 22.2 Å². The van der Waals surface area contributed by atoms with Crippen LogP contribution < -0.4 is 10.5 Å². The van der Waals surface area contributed by atoms with Gasteiger partial charge in [-0.05, 0) is 42.0 Å². The molecule has 0 aliphatic rings. The summed E-state index contributed by atoms with van der Waals surface area (Å²) >= 11 is 0. The average molecular weight is 397 g/mol. The summed E-state index contributed by atoms with van der Waals surface area (Å²) in [7, 11) is -4.45. The SMILES string of the molecule is CN(C)S(=O)(=O)c1ccc(C(=O)NCc2ccc(S(N)(=O)=O)cc2)cc1. The zero-order valence-corrected chi connectivity index (χ0v) is 15.8. The highest BCUT2D eigenvalue weighted by Crippen LogP contribution is 2.14. The number of nitrogens with two attached hydrogens (primary N) is 1. The summed E-state index contributed by atoms with van der Waals surface area (Å²) in [5.74, 6) is -0.380. The van der Waals surface area contributed by atoms with Crippen LogP contribution in [0.5, 0.6) is 0 Å². The number of carbonyl (C=O) groups excluding carboxylic acids is 1. The topological polar surface area (TPSA) is 127 Å². The maximum atomic E-state index is 12.2. The van der Waals surface area contributed by atoms with E-state index in [1.165, 1.54) is 50.5 Å². The summed E-state index contributed by atoms with van der Waals surface area (Å²) in [6, 6.07) is 11.4. The Bertz CT molecular complexity index is 997. The fourth-order valence-electron chi connectivity index (χ4n) is 2.07. The van der Waals surface area contributed by atoms with Crippen molar-refractivity contribution in [2.24, 2.45) is 5.14 Å². The van der Waals surface area contributed by atoms with Gasteiger partial charge in [0.1, 0.15) is 0 Å². The molecule has 3 N–H and O–H groups in total. The Morgan fingerprint density at radius 1 is 0.923 bits per heavy atom. The van der Waals surface area contributed by atoms with Crippen molar-refractivity contribution < 1.29 is 21.6 Å². The second-order valence-corrected chi connectivity index (χ2v) is 9.40. The second-order valence-electron chi connectivity index (χ2n) is 5.68. The molecule has 0 fully saturated rings. The van der Waals surface area contributed by atoms with Gasteiger partial charge in [0.2, 0.25) is 20.0 Å². The zero-order valence-electron chi connectivity index (χ0n) is 14.2. The molecule has 0 aliphatic heterocycles. The minimum absolute atomic E-state index is 0.00901. The van der Waals surface area contributed by atoms with E-state index in [1.807, 2.05) is 0 Å². The maximum absolute atomic E-state index is 12.2. The Kier molecular flexibility index (Phi) is 5.81. The van der Waals surface area contributed by atoms with E-state index in [0.29, 0.717) is 11.1 Å². The first-order valence-electron chi connectivity index (χ1n) is 7.44. The lowest BCUT2D eigenvalue weighted by Crippen LogP contribution is -2.24. The van der Waals surface area contributed by atoms with Crippen LogP contribution >= 0.6 is 0 Å². The van der Waals surface area contributed by atoms with Crippen LogP contribution in [0, 0.1) is 0 Å². The van der Waals surface area contributed by atoms with Crippen LogP contribution in [0.15, 0.2) is 58.3 Å². The Hall–Kier alpha value is -2.27. The first-order chi connectivity index (χ1) is 12.0. The number of amides is 1. The molecule has 0 bridgehead atoms. The van der Waals surface area contributed by atoms with Crippen LogP contribution in [0.3, 0.4) is 0 Å². The summed E-state index contributed by atoms with van der Waals surface area (Å²) in [6.07, 6.45) is 0. The monoisotopic (exact) mass is 397 g/mol. The smallest absolute Gasteiger partial charge is 0.251 e. The fraction of sp³-hybridized carbons (Fsp3) is 0.188. The van der Waals surface area contributed by atoms with Crippen LogP contribution in [-0.2, 0) is 26.6 Å². The van der Waals surface area contributed by atoms with Crippen molar-refractivity contribution in [3.63, 3.8) is 0 Å². The number of benzene rings is 2. The van der Waals surface area contributed by atoms with Crippen molar-refractivity contribution in [3.8, 4) is 0 Å². The molecule has 0 radical (unpaired) electrons. The first-order valence-corrected chi connectivity index (χ1v) is 10.4. The number of hydrogen-bond acceptors (Lipinski definition) is 5. The van der Waals surface area contributed by atoms with E-state index in [0.717, 1.165) is 4.31 Å². The molecule has 2 aromatic carbocycles. The molecule has 140 valence electrons. The van der Waals surface area contributed by atoms with E-state index in [2.05, 4.69) is 5.32 Å². The summed E-state index contributed by atoms with van der Waals surface area (Å²) < 4.78 is 47.5. The molecule has 2 rings (SSSR count).